The summed E-state index contributed by atoms with van der Waals surface area (Å²) < 4.78 is 4.44. The number of nitrogens with one attached hydrogen (secondary N) is 2. The molecule has 7 nitrogen and oxygen atoms in total. The maximum absolute atomic E-state index is 11.6. The largest absolute Gasteiger partial charge is 0.480 e. The molecule has 0 saturated heterocycles. The Morgan fingerprint density at radius 1 is 1.25 bits per heavy atom. The van der Waals surface area contributed by atoms with E-state index in [1.165, 1.54) is 7.11 Å². The minimum atomic E-state index is -1.01. The van der Waals surface area contributed by atoms with Gasteiger partial charge in [0, 0.05) is 6.54 Å². The van der Waals surface area contributed by atoms with Gasteiger partial charge in [-0.05, 0) is 18.8 Å². The molecular formula is C13H22N2O5. The van der Waals surface area contributed by atoms with Crippen LogP contribution in [-0.4, -0.2) is 42.8 Å². The van der Waals surface area contributed by atoms with Crippen LogP contribution in [0.3, 0.4) is 0 Å². The lowest BCUT2D eigenvalue weighted by Crippen LogP contribution is -2.50. The lowest BCUT2D eigenvalue weighted by molar-refractivity contribution is -0.141. The zero-order chi connectivity index (χ0) is 15.0. The number of carbonyl (C=O) groups excluding carboxylic acids is 2. The lowest BCUT2D eigenvalue weighted by Gasteiger charge is -2.28. The van der Waals surface area contributed by atoms with Crippen LogP contribution in [0, 0.1) is 5.92 Å². The maximum Gasteiger partial charge on any atom is 0.326 e. The Labute approximate surface area is 118 Å². The van der Waals surface area contributed by atoms with E-state index in [4.69, 9.17) is 0 Å². The molecule has 0 aliphatic heterocycles. The van der Waals surface area contributed by atoms with Gasteiger partial charge in [-0.25, -0.2) is 9.59 Å². The van der Waals surface area contributed by atoms with Crippen molar-refractivity contribution in [2.75, 3.05) is 13.7 Å². The van der Waals surface area contributed by atoms with Crippen LogP contribution in [0.2, 0.25) is 0 Å². The second-order valence-electron chi connectivity index (χ2n) is 4.94. The monoisotopic (exact) mass is 286 g/mol. The lowest BCUT2D eigenvalue weighted by atomic mass is 9.84. The van der Waals surface area contributed by atoms with Crippen LogP contribution in [0.5, 0.6) is 0 Å². The highest BCUT2D eigenvalue weighted by Crippen LogP contribution is 2.26. The zero-order valence-electron chi connectivity index (χ0n) is 11.7. The van der Waals surface area contributed by atoms with E-state index in [1.807, 2.05) is 0 Å². The summed E-state index contributed by atoms with van der Waals surface area (Å²) in [6.45, 7) is 0.121. The highest BCUT2D eigenvalue weighted by Gasteiger charge is 2.30. The van der Waals surface area contributed by atoms with E-state index in [0.29, 0.717) is 0 Å². The molecule has 1 aliphatic carbocycles. The number of urea groups is 1. The molecule has 1 atom stereocenters. The van der Waals surface area contributed by atoms with Crippen LogP contribution in [-0.2, 0) is 14.3 Å². The predicted molar refractivity (Wildman–Crippen MR) is 71.2 cm³/mol. The molecule has 1 fully saturated rings. The summed E-state index contributed by atoms with van der Waals surface area (Å²) in [5.74, 6) is -1.46. The highest BCUT2D eigenvalue weighted by molar-refractivity contribution is 5.83. The maximum atomic E-state index is 11.6. The van der Waals surface area contributed by atoms with Gasteiger partial charge in [-0.3, -0.25) is 4.79 Å². The Morgan fingerprint density at radius 3 is 2.45 bits per heavy atom. The van der Waals surface area contributed by atoms with Gasteiger partial charge in [0.2, 0.25) is 0 Å². The van der Waals surface area contributed by atoms with Crippen molar-refractivity contribution in [3.8, 4) is 0 Å². The quantitative estimate of drug-likeness (QED) is 0.629. The molecule has 0 aromatic carbocycles. The van der Waals surface area contributed by atoms with Gasteiger partial charge in [0.1, 0.15) is 6.04 Å². The Bertz CT molecular complexity index is 353. The molecule has 0 aromatic rings. The fraction of sp³-hybridized carbons (Fsp3) is 0.769. The molecule has 1 rings (SSSR count). The molecular weight excluding hydrogens is 264 g/mol. The number of methoxy groups -OCH3 is 1. The standard InChI is InChI=1S/C13H22N2O5/c1-20-10(16)7-8-14-13(19)15-11(12(17)18)9-5-3-2-4-6-9/h9,11H,2-8H2,1H3,(H,17,18)(H2,14,15,19). The fourth-order valence-corrected chi connectivity index (χ4v) is 2.42. The number of rotatable bonds is 6. The van der Waals surface area contributed by atoms with Gasteiger partial charge in [0.25, 0.3) is 0 Å². The van der Waals surface area contributed by atoms with Gasteiger partial charge < -0.3 is 20.5 Å². The fourth-order valence-electron chi connectivity index (χ4n) is 2.42. The number of carboxylic acids is 1. The first-order valence-electron chi connectivity index (χ1n) is 6.88. The van der Waals surface area contributed by atoms with Crippen molar-refractivity contribution in [2.45, 2.75) is 44.6 Å². The van der Waals surface area contributed by atoms with Crippen LogP contribution in [0.15, 0.2) is 0 Å². The number of carboxylic acid groups (broad SMARTS) is 1. The summed E-state index contributed by atoms with van der Waals surface area (Å²) in [5, 5.41) is 14.1. The molecule has 7 heteroatoms. The number of carbonyl (C=O) groups is 3. The van der Waals surface area contributed by atoms with Crippen LogP contribution in [0.4, 0.5) is 4.79 Å². The van der Waals surface area contributed by atoms with Gasteiger partial charge in [-0.15, -0.1) is 0 Å². The number of ether oxygens (including phenoxy) is 1. The van der Waals surface area contributed by atoms with Crippen molar-refractivity contribution in [1.82, 2.24) is 10.6 Å². The molecule has 0 bridgehead atoms. The van der Waals surface area contributed by atoms with E-state index in [9.17, 15) is 19.5 Å². The van der Waals surface area contributed by atoms with Gasteiger partial charge in [0.05, 0.1) is 13.5 Å². The number of amides is 2. The number of esters is 1. The van der Waals surface area contributed by atoms with E-state index < -0.39 is 24.0 Å². The minimum Gasteiger partial charge on any atom is -0.480 e. The van der Waals surface area contributed by atoms with Crippen molar-refractivity contribution >= 4 is 18.0 Å². The predicted octanol–water partition coefficient (Wildman–Crippen LogP) is 0.882. The minimum absolute atomic E-state index is 0.0207. The second-order valence-corrected chi connectivity index (χ2v) is 4.94. The first kappa shape index (κ1) is 16.3. The summed E-state index contributed by atoms with van der Waals surface area (Å²) >= 11 is 0. The number of hydrogen-bond donors (Lipinski definition) is 3. The van der Waals surface area contributed by atoms with Gasteiger partial charge in [-0.2, -0.15) is 0 Å². The van der Waals surface area contributed by atoms with Gasteiger partial charge >= 0.3 is 18.0 Å². The Kier molecular flexibility index (Phi) is 6.83. The molecule has 0 spiro atoms. The van der Waals surface area contributed by atoms with E-state index in [1.54, 1.807) is 0 Å². The summed E-state index contributed by atoms with van der Waals surface area (Å²) in [6, 6.07) is -1.43. The summed E-state index contributed by atoms with van der Waals surface area (Å²) in [6.07, 6.45) is 4.82. The smallest absolute Gasteiger partial charge is 0.326 e. The van der Waals surface area contributed by atoms with Crippen LogP contribution >= 0.6 is 0 Å². The first-order valence-corrected chi connectivity index (χ1v) is 6.88. The van der Waals surface area contributed by atoms with Crippen molar-refractivity contribution in [1.29, 1.82) is 0 Å². The van der Waals surface area contributed by atoms with Crippen LogP contribution in [0.25, 0.3) is 0 Å². The normalized spacial score (nSPS) is 17.1. The molecule has 3 N–H and O–H groups in total. The molecule has 1 saturated carbocycles. The van der Waals surface area contributed by atoms with Crippen LogP contribution in [0.1, 0.15) is 38.5 Å². The average Bonchev–Trinajstić information content (AvgIpc) is 2.45. The number of aliphatic carboxylic acids is 1. The number of hydrogen-bond acceptors (Lipinski definition) is 4. The zero-order valence-corrected chi connectivity index (χ0v) is 11.7. The molecule has 1 aliphatic rings. The SMILES string of the molecule is COC(=O)CCNC(=O)NC(C(=O)O)C1CCCCC1. The molecule has 0 aromatic heterocycles. The van der Waals surface area contributed by atoms with Gasteiger partial charge in [0.15, 0.2) is 0 Å². The molecule has 2 amide bonds. The topological polar surface area (TPSA) is 105 Å². The summed E-state index contributed by atoms with van der Waals surface area (Å²) in [7, 11) is 1.27. The van der Waals surface area contributed by atoms with E-state index in [2.05, 4.69) is 15.4 Å². The first-order chi connectivity index (χ1) is 9.54. The Balaban J connectivity index is 2.38. The van der Waals surface area contributed by atoms with Crippen molar-refractivity contribution in [2.24, 2.45) is 5.92 Å². The Hall–Kier alpha value is -1.79. The third kappa shape index (κ3) is 5.46. The van der Waals surface area contributed by atoms with Gasteiger partial charge in [-0.1, -0.05) is 19.3 Å². The van der Waals surface area contributed by atoms with E-state index in [-0.39, 0.29) is 18.9 Å². The average molecular weight is 286 g/mol. The third-order valence-corrected chi connectivity index (χ3v) is 3.52. The third-order valence-electron chi connectivity index (χ3n) is 3.52. The molecule has 20 heavy (non-hydrogen) atoms. The second kappa shape index (κ2) is 8.39. The molecule has 1 unspecified atom stereocenters. The van der Waals surface area contributed by atoms with Crippen molar-refractivity contribution in [3.05, 3.63) is 0 Å². The molecule has 0 heterocycles. The van der Waals surface area contributed by atoms with E-state index >= 15 is 0 Å². The Morgan fingerprint density at radius 2 is 1.90 bits per heavy atom. The van der Waals surface area contributed by atoms with Crippen LogP contribution < -0.4 is 10.6 Å². The molecule has 0 radical (unpaired) electrons. The summed E-state index contributed by atoms with van der Waals surface area (Å²) in [4.78, 5) is 33.8. The summed E-state index contributed by atoms with van der Waals surface area (Å²) in [5.41, 5.74) is 0. The van der Waals surface area contributed by atoms with Crippen molar-refractivity contribution < 1.29 is 24.2 Å². The van der Waals surface area contributed by atoms with E-state index in [0.717, 1.165) is 32.1 Å². The van der Waals surface area contributed by atoms with Crippen molar-refractivity contribution in [3.63, 3.8) is 0 Å². The highest BCUT2D eigenvalue weighted by atomic mass is 16.5. The molecule has 114 valence electrons.